The van der Waals surface area contributed by atoms with E-state index in [0.29, 0.717) is 18.3 Å². The Hall–Kier alpha value is -1.88. The van der Waals surface area contributed by atoms with Crippen molar-refractivity contribution >= 4 is 11.8 Å². The molecule has 0 saturated carbocycles. The molecule has 0 radical (unpaired) electrons. The van der Waals surface area contributed by atoms with Gasteiger partial charge in [0.2, 0.25) is 0 Å². The number of carbonyl (C=O) groups is 2. The van der Waals surface area contributed by atoms with Gasteiger partial charge in [-0.3, -0.25) is 19.9 Å². The molecule has 5 heteroatoms. The number of hydroxylamine groups is 1. The van der Waals surface area contributed by atoms with Gasteiger partial charge >= 0.3 is 5.97 Å². The van der Waals surface area contributed by atoms with Crippen molar-refractivity contribution in [1.82, 2.24) is 5.48 Å². The number of fused-ring (bicyclic) bond motifs is 1. The fourth-order valence-corrected chi connectivity index (χ4v) is 3.53. The molecule has 2 aliphatic carbocycles. The van der Waals surface area contributed by atoms with Crippen LogP contribution in [0.3, 0.4) is 0 Å². The van der Waals surface area contributed by atoms with Crippen LogP contribution in [0.15, 0.2) is 35.1 Å². The highest BCUT2D eigenvalue weighted by molar-refractivity contribution is 5.95. The van der Waals surface area contributed by atoms with Crippen LogP contribution in [0.2, 0.25) is 0 Å². The number of esters is 1. The zero-order valence-corrected chi connectivity index (χ0v) is 16.2. The minimum absolute atomic E-state index is 0.233. The molecule has 0 fully saturated rings. The molecule has 0 aromatic heterocycles. The first-order valence-corrected chi connectivity index (χ1v) is 9.62. The van der Waals surface area contributed by atoms with Crippen LogP contribution in [0.5, 0.6) is 0 Å². The fourth-order valence-electron chi connectivity index (χ4n) is 3.53. The first kappa shape index (κ1) is 20.4. The van der Waals surface area contributed by atoms with Crippen LogP contribution in [0, 0.1) is 11.8 Å². The highest BCUT2D eigenvalue weighted by atomic mass is 16.6. The van der Waals surface area contributed by atoms with E-state index in [1.54, 1.807) is 0 Å². The van der Waals surface area contributed by atoms with Crippen molar-refractivity contribution in [2.75, 3.05) is 13.7 Å². The number of rotatable bonds is 11. The van der Waals surface area contributed by atoms with Crippen molar-refractivity contribution in [3.63, 3.8) is 0 Å². The van der Waals surface area contributed by atoms with Crippen molar-refractivity contribution in [1.29, 1.82) is 0 Å². The summed E-state index contributed by atoms with van der Waals surface area (Å²) >= 11 is 0. The number of carbonyl (C=O) groups excluding carboxylic acids is 2. The minimum atomic E-state index is -0.279. The fraction of sp³-hybridized carbons (Fsp3) is 0.619. The smallest absolute Gasteiger partial charge is 0.307 e. The van der Waals surface area contributed by atoms with E-state index in [4.69, 9.17) is 4.84 Å². The van der Waals surface area contributed by atoms with Crippen molar-refractivity contribution in [2.24, 2.45) is 11.8 Å². The van der Waals surface area contributed by atoms with Gasteiger partial charge in [0.1, 0.15) is 0 Å². The molecule has 0 saturated heterocycles. The van der Waals surface area contributed by atoms with E-state index in [1.165, 1.54) is 12.7 Å². The Morgan fingerprint density at radius 3 is 2.85 bits per heavy atom. The number of methoxy groups -OCH3 is 1. The molecule has 1 N–H and O–H groups in total. The number of hydrogen-bond donors (Lipinski definition) is 1. The highest BCUT2D eigenvalue weighted by Crippen LogP contribution is 2.43. The molecular formula is C21H31NO4. The van der Waals surface area contributed by atoms with Gasteiger partial charge in [-0.15, -0.1) is 0 Å². The number of allylic oxidation sites excluding steroid dienone is 6. The molecule has 26 heavy (non-hydrogen) atoms. The van der Waals surface area contributed by atoms with E-state index >= 15 is 0 Å². The standard InChI is InChI=1S/C21H31NO4/c1-4-5-6-7-20(23)15(2)12-16-8-9-17-13-18(14-19(16)17)22-26-11-10-21(24)25-3/h8,12,14,17,19,22H,4-7,9-11,13H2,1-3H3/t17-,19+/m1/s1. The second-order valence-electron chi connectivity index (χ2n) is 7.11. The van der Waals surface area contributed by atoms with Gasteiger partial charge in [0.15, 0.2) is 5.78 Å². The molecule has 5 nitrogen and oxygen atoms in total. The van der Waals surface area contributed by atoms with E-state index in [0.717, 1.165) is 43.4 Å². The molecule has 0 aliphatic heterocycles. The molecule has 0 aromatic rings. The predicted molar refractivity (Wildman–Crippen MR) is 101 cm³/mol. The summed E-state index contributed by atoms with van der Waals surface area (Å²) in [7, 11) is 1.37. The van der Waals surface area contributed by atoms with Gasteiger partial charge in [0, 0.05) is 18.0 Å². The highest BCUT2D eigenvalue weighted by Gasteiger charge is 2.33. The van der Waals surface area contributed by atoms with Crippen LogP contribution in [-0.2, 0) is 19.2 Å². The van der Waals surface area contributed by atoms with Crippen molar-refractivity contribution in [3.8, 4) is 0 Å². The lowest BCUT2D eigenvalue weighted by atomic mass is 9.93. The van der Waals surface area contributed by atoms with Gasteiger partial charge in [-0.1, -0.05) is 38.0 Å². The Morgan fingerprint density at radius 1 is 1.31 bits per heavy atom. The normalized spacial score (nSPS) is 21.9. The predicted octanol–water partition coefficient (Wildman–Crippen LogP) is 4.02. The lowest BCUT2D eigenvalue weighted by Crippen LogP contribution is -2.16. The van der Waals surface area contributed by atoms with Gasteiger partial charge in [-0.2, -0.15) is 0 Å². The Bertz CT molecular complexity index is 603. The van der Waals surface area contributed by atoms with E-state index in [2.05, 4.69) is 35.4 Å². The van der Waals surface area contributed by atoms with Crippen molar-refractivity contribution < 1.29 is 19.2 Å². The third kappa shape index (κ3) is 5.84. The topological polar surface area (TPSA) is 64.6 Å². The summed E-state index contributed by atoms with van der Waals surface area (Å²) in [4.78, 5) is 28.7. The van der Waals surface area contributed by atoms with Gasteiger partial charge in [0.05, 0.1) is 20.1 Å². The summed E-state index contributed by atoms with van der Waals surface area (Å²) in [6, 6.07) is 0. The zero-order valence-electron chi connectivity index (χ0n) is 16.2. The molecular weight excluding hydrogens is 330 g/mol. The molecule has 0 spiro atoms. The molecule has 2 rings (SSSR count). The lowest BCUT2D eigenvalue weighted by molar-refractivity contribution is -0.142. The van der Waals surface area contributed by atoms with Gasteiger partial charge in [-0.05, 0) is 43.3 Å². The summed E-state index contributed by atoms with van der Waals surface area (Å²) in [6.07, 6.45) is 12.6. The largest absolute Gasteiger partial charge is 0.469 e. The molecule has 2 atom stereocenters. The summed E-state index contributed by atoms with van der Waals surface area (Å²) in [6.45, 7) is 4.36. The quantitative estimate of drug-likeness (QED) is 0.261. The third-order valence-electron chi connectivity index (χ3n) is 5.08. The average Bonchev–Trinajstić information content (AvgIpc) is 3.20. The van der Waals surface area contributed by atoms with Crippen LogP contribution >= 0.6 is 0 Å². The number of ether oxygens (including phenoxy) is 1. The van der Waals surface area contributed by atoms with Gasteiger partial charge in [-0.25, -0.2) is 0 Å². The molecule has 0 bridgehead atoms. The molecule has 0 unspecified atom stereocenters. The Morgan fingerprint density at radius 2 is 2.12 bits per heavy atom. The van der Waals surface area contributed by atoms with E-state index in [1.807, 2.05) is 6.92 Å². The van der Waals surface area contributed by atoms with Gasteiger partial charge < -0.3 is 4.74 Å². The van der Waals surface area contributed by atoms with Crippen molar-refractivity contribution in [2.45, 2.75) is 58.8 Å². The third-order valence-corrected chi connectivity index (χ3v) is 5.08. The lowest BCUT2D eigenvalue weighted by Gasteiger charge is -2.11. The number of ketones is 1. The Kier molecular flexibility index (Phi) is 8.10. The summed E-state index contributed by atoms with van der Waals surface area (Å²) in [5.74, 6) is 0.865. The van der Waals surface area contributed by atoms with E-state index < -0.39 is 0 Å². The van der Waals surface area contributed by atoms with Crippen LogP contribution in [-0.4, -0.2) is 25.5 Å². The maximum Gasteiger partial charge on any atom is 0.307 e. The molecule has 0 heterocycles. The number of nitrogens with one attached hydrogen (secondary N) is 1. The molecule has 0 amide bonds. The summed E-state index contributed by atoms with van der Waals surface area (Å²) in [5.41, 5.74) is 6.11. The average molecular weight is 361 g/mol. The molecule has 144 valence electrons. The van der Waals surface area contributed by atoms with Gasteiger partial charge in [0.25, 0.3) is 0 Å². The minimum Gasteiger partial charge on any atom is -0.469 e. The Balaban J connectivity index is 1.83. The van der Waals surface area contributed by atoms with Crippen LogP contribution < -0.4 is 5.48 Å². The summed E-state index contributed by atoms with van der Waals surface area (Å²) < 4.78 is 4.58. The summed E-state index contributed by atoms with van der Waals surface area (Å²) in [5, 5.41) is 0. The van der Waals surface area contributed by atoms with E-state index in [9.17, 15) is 9.59 Å². The van der Waals surface area contributed by atoms with E-state index in [-0.39, 0.29) is 24.8 Å². The second kappa shape index (κ2) is 10.3. The number of Topliss-reactive ketones (excluding diaryl/α,β-unsaturated/α-hetero) is 1. The van der Waals surface area contributed by atoms with Crippen LogP contribution in [0.4, 0.5) is 0 Å². The molecule has 0 aromatic carbocycles. The monoisotopic (exact) mass is 361 g/mol. The van der Waals surface area contributed by atoms with Crippen LogP contribution in [0.25, 0.3) is 0 Å². The Labute approximate surface area is 156 Å². The SMILES string of the molecule is CCCCCC(=O)C(C)=CC1=CC[C@@H]2CC(NOCCC(=O)OC)=C[C@@H]12. The van der Waals surface area contributed by atoms with Crippen LogP contribution in [0.1, 0.15) is 58.8 Å². The zero-order chi connectivity index (χ0) is 18.9. The first-order valence-electron chi connectivity index (χ1n) is 9.62. The maximum absolute atomic E-state index is 12.2. The maximum atomic E-state index is 12.2. The first-order chi connectivity index (χ1) is 12.5. The number of unbranched alkanes of at least 4 members (excludes halogenated alkanes) is 2. The number of hydrogen-bond acceptors (Lipinski definition) is 5. The second-order valence-corrected chi connectivity index (χ2v) is 7.11. The molecule has 2 aliphatic rings. The van der Waals surface area contributed by atoms with Crippen molar-refractivity contribution in [3.05, 3.63) is 35.1 Å².